The first kappa shape index (κ1) is 35.7. The number of aryl methyl sites for hydroxylation is 2. The van der Waals surface area contributed by atoms with E-state index in [4.69, 9.17) is 9.84 Å². The van der Waals surface area contributed by atoms with Crippen molar-refractivity contribution in [3.63, 3.8) is 0 Å². The second-order valence-electron chi connectivity index (χ2n) is 11.4. The molecule has 13 nitrogen and oxygen atoms in total. The zero-order valence-electron chi connectivity index (χ0n) is 27.2. The number of nitrogens with zero attached hydrogens (tertiary/aromatic N) is 4. The summed E-state index contributed by atoms with van der Waals surface area (Å²) in [6, 6.07) is 12.1. The van der Waals surface area contributed by atoms with Crippen molar-refractivity contribution in [1.82, 2.24) is 19.6 Å². The lowest BCUT2D eigenvalue weighted by atomic mass is 10.1. The van der Waals surface area contributed by atoms with Crippen LogP contribution in [0, 0.1) is 6.92 Å². The van der Waals surface area contributed by atoms with Gasteiger partial charge in [0.05, 0.1) is 19.2 Å². The van der Waals surface area contributed by atoms with Gasteiger partial charge in [0.15, 0.2) is 0 Å². The van der Waals surface area contributed by atoms with Gasteiger partial charge < -0.3 is 40.1 Å². The van der Waals surface area contributed by atoms with Crippen molar-refractivity contribution < 1.29 is 33.8 Å². The number of hydrogen-bond acceptors (Lipinski definition) is 6. The number of likely N-dealkylation sites (tertiary alicyclic amines) is 1. The Morgan fingerprint density at radius 2 is 1.65 bits per heavy atom. The van der Waals surface area contributed by atoms with Crippen LogP contribution in [0.2, 0.25) is 0 Å². The number of anilines is 2. The predicted molar refractivity (Wildman–Crippen MR) is 175 cm³/mol. The van der Waals surface area contributed by atoms with Crippen LogP contribution in [0.25, 0.3) is 0 Å². The number of carbonyl (C=O) groups is 5. The van der Waals surface area contributed by atoms with E-state index in [0.29, 0.717) is 62.6 Å². The molecule has 13 heteroatoms. The fourth-order valence-corrected chi connectivity index (χ4v) is 5.11. The number of benzene rings is 2. The molecule has 1 heterocycles. The number of carboxylic acids is 1. The fraction of sp³-hybridized carbons (Fsp3) is 0.485. The molecule has 0 radical (unpaired) electrons. The molecule has 1 aliphatic heterocycles. The van der Waals surface area contributed by atoms with Gasteiger partial charge >= 0.3 is 18.0 Å². The topological polar surface area (TPSA) is 152 Å². The van der Waals surface area contributed by atoms with Crippen molar-refractivity contribution in [3.05, 3.63) is 53.6 Å². The number of urea groups is 2. The van der Waals surface area contributed by atoms with E-state index in [0.717, 1.165) is 17.5 Å². The number of likely N-dealkylation sites (N-methyl/N-ethyl adjacent to an activating group) is 2. The summed E-state index contributed by atoms with van der Waals surface area (Å²) in [5.74, 6) is -0.511. The minimum Gasteiger partial charge on any atom is -0.495 e. The molecule has 0 unspecified atom stereocenters. The largest absolute Gasteiger partial charge is 0.495 e. The van der Waals surface area contributed by atoms with Crippen molar-refractivity contribution in [3.8, 4) is 5.75 Å². The maximum Gasteiger partial charge on any atom is 0.323 e. The van der Waals surface area contributed by atoms with E-state index in [2.05, 4.69) is 10.6 Å². The lowest BCUT2D eigenvalue weighted by molar-refractivity contribution is -0.137. The van der Waals surface area contributed by atoms with Gasteiger partial charge in [-0.1, -0.05) is 24.3 Å². The van der Waals surface area contributed by atoms with E-state index in [9.17, 15) is 24.0 Å². The fourth-order valence-electron chi connectivity index (χ4n) is 5.11. The Bertz CT molecular complexity index is 1380. The third-order valence-electron chi connectivity index (χ3n) is 7.95. The number of ether oxygens (including phenoxy) is 1. The van der Waals surface area contributed by atoms with Gasteiger partial charge in [0.2, 0.25) is 11.8 Å². The molecule has 0 atom stereocenters. The van der Waals surface area contributed by atoms with E-state index in [1.165, 1.54) is 16.9 Å². The second-order valence-corrected chi connectivity index (χ2v) is 11.4. The van der Waals surface area contributed by atoms with Crippen LogP contribution in [0.3, 0.4) is 0 Å². The molecule has 0 aliphatic carbocycles. The minimum absolute atomic E-state index is 0.0658. The first-order valence-electron chi connectivity index (χ1n) is 15.5. The molecule has 1 aliphatic rings. The number of carbonyl (C=O) groups excluding carboxylic acids is 4. The highest BCUT2D eigenvalue weighted by molar-refractivity contribution is 6.01. The number of nitrogens with one attached hydrogen (secondary N) is 2. The van der Waals surface area contributed by atoms with Crippen molar-refractivity contribution in [2.75, 3.05) is 71.1 Å². The minimum atomic E-state index is -0.993. The Balaban J connectivity index is 1.46. The first-order valence-corrected chi connectivity index (χ1v) is 15.5. The first-order chi connectivity index (χ1) is 22.0. The van der Waals surface area contributed by atoms with Gasteiger partial charge in [-0.15, -0.1) is 0 Å². The van der Waals surface area contributed by atoms with Crippen LogP contribution in [-0.2, 0) is 20.8 Å². The zero-order valence-corrected chi connectivity index (χ0v) is 27.2. The third-order valence-corrected chi connectivity index (χ3v) is 7.95. The van der Waals surface area contributed by atoms with Gasteiger partial charge in [0.25, 0.3) is 0 Å². The molecule has 0 bridgehead atoms. The molecule has 2 aromatic rings. The summed E-state index contributed by atoms with van der Waals surface area (Å²) in [5.41, 5.74) is 3.00. The molecule has 0 aromatic heterocycles. The van der Waals surface area contributed by atoms with Crippen molar-refractivity contribution in [2.45, 2.75) is 45.4 Å². The Kier molecular flexibility index (Phi) is 13.7. The number of carboxylic acid groups (broad SMARTS) is 1. The van der Waals surface area contributed by atoms with Gasteiger partial charge in [0, 0.05) is 71.9 Å². The molecule has 3 N–H and O–H groups in total. The van der Waals surface area contributed by atoms with E-state index in [1.807, 2.05) is 37.3 Å². The SMILES string of the molecule is COc1cc(CCC(=O)N(C)CCN(C)C(=O)N(CCCN2CCCC2=O)CCC(=O)O)ccc1NC(=O)Nc1ccccc1C. The van der Waals surface area contributed by atoms with Crippen molar-refractivity contribution in [1.29, 1.82) is 0 Å². The lowest BCUT2D eigenvalue weighted by Gasteiger charge is -2.30. The molecular formula is C33H46N6O7. The maximum absolute atomic E-state index is 13.1. The molecule has 1 fully saturated rings. The summed E-state index contributed by atoms with van der Waals surface area (Å²) < 4.78 is 5.48. The molecule has 1 saturated heterocycles. The van der Waals surface area contributed by atoms with Gasteiger partial charge in [0.1, 0.15) is 5.75 Å². The quantitative estimate of drug-likeness (QED) is 0.252. The Morgan fingerprint density at radius 1 is 0.935 bits per heavy atom. The predicted octanol–water partition coefficient (Wildman–Crippen LogP) is 3.88. The normalized spacial score (nSPS) is 12.4. The molecule has 46 heavy (non-hydrogen) atoms. The number of hydrogen-bond donors (Lipinski definition) is 3. The van der Waals surface area contributed by atoms with Crippen molar-refractivity contribution >= 4 is 41.2 Å². The summed E-state index contributed by atoms with van der Waals surface area (Å²) in [6.07, 6.45) is 2.45. The van der Waals surface area contributed by atoms with Gasteiger partial charge in [-0.3, -0.25) is 14.4 Å². The Morgan fingerprint density at radius 3 is 2.33 bits per heavy atom. The molecule has 2 aromatic carbocycles. The molecule has 3 rings (SSSR count). The second kappa shape index (κ2) is 17.6. The number of amides is 6. The standard InChI is InChI=1S/C33H46N6O7/c1-24-9-5-6-10-26(24)34-32(44)35-27-14-12-25(23-28(27)46-4)13-15-29(40)36(2)21-22-37(3)33(45)39(20-16-31(42)43)19-8-18-38-17-7-11-30(38)41/h5-6,9-10,12,14,23H,7-8,11,13,15-22H2,1-4H3,(H,42,43)(H2,34,35,44). The van der Waals surface area contributed by atoms with Crippen LogP contribution in [0.15, 0.2) is 42.5 Å². The summed E-state index contributed by atoms with van der Waals surface area (Å²) in [7, 11) is 4.82. The average molecular weight is 639 g/mol. The highest BCUT2D eigenvalue weighted by atomic mass is 16.5. The van der Waals surface area contributed by atoms with Gasteiger partial charge in [-0.25, -0.2) is 9.59 Å². The number of para-hydroxylation sites is 1. The Labute approximate surface area is 270 Å². The van der Waals surface area contributed by atoms with E-state index in [1.54, 1.807) is 36.0 Å². The zero-order chi connectivity index (χ0) is 33.6. The molecule has 250 valence electrons. The lowest BCUT2D eigenvalue weighted by Crippen LogP contribution is -2.46. The molecule has 6 amide bonds. The van der Waals surface area contributed by atoms with Crippen LogP contribution < -0.4 is 15.4 Å². The highest BCUT2D eigenvalue weighted by Gasteiger charge is 2.23. The Hall–Kier alpha value is -4.81. The van der Waals surface area contributed by atoms with Gasteiger partial charge in [-0.2, -0.15) is 0 Å². The highest BCUT2D eigenvalue weighted by Crippen LogP contribution is 2.27. The molecule has 0 saturated carbocycles. The number of rotatable bonds is 16. The van der Waals surface area contributed by atoms with Gasteiger partial charge in [-0.05, 0) is 55.5 Å². The maximum atomic E-state index is 13.1. The molecule has 0 spiro atoms. The smallest absolute Gasteiger partial charge is 0.323 e. The summed E-state index contributed by atoms with van der Waals surface area (Å²) >= 11 is 0. The van der Waals surface area contributed by atoms with Crippen LogP contribution in [0.4, 0.5) is 21.0 Å². The van der Waals surface area contributed by atoms with Crippen LogP contribution >= 0.6 is 0 Å². The van der Waals surface area contributed by atoms with Crippen LogP contribution in [0.5, 0.6) is 5.75 Å². The van der Waals surface area contributed by atoms with Crippen molar-refractivity contribution in [2.24, 2.45) is 0 Å². The van der Waals surface area contributed by atoms with E-state index < -0.39 is 12.0 Å². The van der Waals surface area contributed by atoms with E-state index in [-0.39, 0.29) is 43.8 Å². The average Bonchev–Trinajstić information content (AvgIpc) is 3.45. The summed E-state index contributed by atoms with van der Waals surface area (Å²) in [6.45, 7) is 4.13. The van der Waals surface area contributed by atoms with E-state index >= 15 is 0 Å². The third kappa shape index (κ3) is 11.0. The van der Waals surface area contributed by atoms with Crippen LogP contribution in [-0.4, -0.2) is 115 Å². The number of aliphatic carboxylic acids is 1. The summed E-state index contributed by atoms with van der Waals surface area (Å²) in [4.78, 5) is 67.9. The monoisotopic (exact) mass is 638 g/mol. The number of methoxy groups -OCH3 is 1. The molecular weight excluding hydrogens is 592 g/mol. The van der Waals surface area contributed by atoms with Crippen LogP contribution in [0.1, 0.15) is 43.2 Å². The summed E-state index contributed by atoms with van der Waals surface area (Å²) in [5, 5.41) is 14.8.